The van der Waals surface area contributed by atoms with Crippen LogP contribution in [-0.2, 0) is 18.9 Å². The maximum atomic E-state index is 5.71. The molecule has 4 heteroatoms. The molecule has 4 nitrogen and oxygen atoms in total. The second-order valence-electron chi connectivity index (χ2n) is 4.40. The minimum atomic E-state index is 0.120. The van der Waals surface area contributed by atoms with Crippen molar-refractivity contribution in [3.05, 3.63) is 0 Å². The Morgan fingerprint density at radius 2 is 1.86 bits per heavy atom. The summed E-state index contributed by atoms with van der Waals surface area (Å²) >= 11 is 0. The predicted molar refractivity (Wildman–Crippen MR) is 48.1 cm³/mol. The molecule has 5 unspecified atom stereocenters. The lowest BCUT2D eigenvalue weighted by Gasteiger charge is -2.15. The molecule has 0 saturated carbocycles. The third-order valence-electron chi connectivity index (χ3n) is 3.15. The average Bonchev–Trinajstić information content (AvgIpc) is 2.81. The lowest BCUT2D eigenvalue weighted by molar-refractivity contribution is -0.0362. The first-order chi connectivity index (χ1) is 6.84. The molecule has 3 fully saturated rings. The van der Waals surface area contributed by atoms with Crippen LogP contribution in [0.5, 0.6) is 0 Å². The van der Waals surface area contributed by atoms with Crippen LogP contribution in [0.3, 0.4) is 0 Å². The molecular formula is C10H16O4. The van der Waals surface area contributed by atoms with E-state index in [1.54, 1.807) is 0 Å². The molecule has 0 aromatic heterocycles. The third kappa shape index (κ3) is 1.56. The molecule has 0 N–H and O–H groups in total. The van der Waals surface area contributed by atoms with Crippen molar-refractivity contribution in [2.45, 2.75) is 31.3 Å². The van der Waals surface area contributed by atoms with E-state index >= 15 is 0 Å². The second kappa shape index (κ2) is 3.45. The van der Waals surface area contributed by atoms with Gasteiger partial charge in [-0.25, -0.2) is 0 Å². The Labute approximate surface area is 83.5 Å². The molecular weight excluding hydrogens is 184 g/mol. The van der Waals surface area contributed by atoms with E-state index in [4.69, 9.17) is 18.9 Å². The van der Waals surface area contributed by atoms with Gasteiger partial charge in [0, 0.05) is 5.92 Å². The predicted octanol–water partition coefficient (Wildman–Crippen LogP) is 0.204. The average molecular weight is 200 g/mol. The molecule has 0 spiro atoms. The molecule has 3 rings (SSSR count). The van der Waals surface area contributed by atoms with E-state index in [0.29, 0.717) is 25.2 Å². The van der Waals surface area contributed by atoms with Crippen LogP contribution in [0.2, 0.25) is 0 Å². The lowest BCUT2D eigenvalue weighted by Crippen LogP contribution is -2.32. The number of hydrogen-bond donors (Lipinski definition) is 0. The van der Waals surface area contributed by atoms with Crippen LogP contribution in [0.1, 0.15) is 6.92 Å². The van der Waals surface area contributed by atoms with Crippen molar-refractivity contribution in [2.75, 3.05) is 26.4 Å². The Bertz CT molecular complexity index is 216. The highest BCUT2D eigenvalue weighted by Crippen LogP contribution is 2.32. The van der Waals surface area contributed by atoms with Crippen LogP contribution >= 0.6 is 0 Å². The van der Waals surface area contributed by atoms with Gasteiger partial charge in [-0.05, 0) is 0 Å². The van der Waals surface area contributed by atoms with E-state index in [1.807, 2.05) is 0 Å². The Kier molecular flexibility index (Phi) is 2.24. The highest BCUT2D eigenvalue weighted by Gasteiger charge is 2.46. The van der Waals surface area contributed by atoms with Gasteiger partial charge in [0.25, 0.3) is 0 Å². The van der Waals surface area contributed by atoms with Crippen LogP contribution in [-0.4, -0.2) is 50.8 Å². The maximum absolute atomic E-state index is 5.71. The molecule has 0 aromatic carbocycles. The highest BCUT2D eigenvalue weighted by atomic mass is 16.6. The van der Waals surface area contributed by atoms with Gasteiger partial charge in [0.05, 0.1) is 32.5 Å². The molecule has 0 aliphatic carbocycles. The number of fused-ring (bicyclic) bond motifs is 1. The van der Waals surface area contributed by atoms with Gasteiger partial charge >= 0.3 is 0 Å². The molecule has 3 saturated heterocycles. The first-order valence-electron chi connectivity index (χ1n) is 5.31. The Morgan fingerprint density at radius 3 is 2.64 bits per heavy atom. The van der Waals surface area contributed by atoms with Crippen molar-refractivity contribution in [3.8, 4) is 0 Å². The van der Waals surface area contributed by atoms with Crippen LogP contribution < -0.4 is 0 Å². The zero-order chi connectivity index (χ0) is 9.54. The molecule has 0 aromatic rings. The van der Waals surface area contributed by atoms with Crippen molar-refractivity contribution < 1.29 is 18.9 Å². The summed E-state index contributed by atoms with van der Waals surface area (Å²) in [5.41, 5.74) is 0. The smallest absolute Gasteiger partial charge is 0.112 e. The van der Waals surface area contributed by atoms with E-state index in [0.717, 1.165) is 13.2 Å². The van der Waals surface area contributed by atoms with Crippen LogP contribution in [0.25, 0.3) is 0 Å². The fourth-order valence-electron chi connectivity index (χ4n) is 2.19. The van der Waals surface area contributed by atoms with Crippen molar-refractivity contribution in [1.82, 2.24) is 0 Å². The van der Waals surface area contributed by atoms with E-state index in [1.165, 1.54) is 0 Å². The zero-order valence-electron chi connectivity index (χ0n) is 8.35. The minimum Gasteiger partial charge on any atom is -0.372 e. The summed E-state index contributed by atoms with van der Waals surface area (Å²) in [5, 5.41) is 0. The fourth-order valence-corrected chi connectivity index (χ4v) is 2.19. The molecule has 14 heavy (non-hydrogen) atoms. The normalized spacial score (nSPS) is 50.8. The highest BCUT2D eigenvalue weighted by molar-refractivity contribution is 4.93. The van der Waals surface area contributed by atoms with Crippen LogP contribution in [0.4, 0.5) is 0 Å². The largest absolute Gasteiger partial charge is 0.372 e. The number of ether oxygens (including phenoxy) is 4. The topological polar surface area (TPSA) is 40.2 Å². The minimum absolute atomic E-state index is 0.120. The van der Waals surface area contributed by atoms with Gasteiger partial charge in [0.1, 0.15) is 18.3 Å². The quantitative estimate of drug-likeness (QED) is 0.610. The van der Waals surface area contributed by atoms with Crippen LogP contribution in [0.15, 0.2) is 0 Å². The zero-order valence-corrected chi connectivity index (χ0v) is 8.35. The van der Waals surface area contributed by atoms with E-state index < -0.39 is 0 Å². The summed E-state index contributed by atoms with van der Waals surface area (Å²) in [6.07, 6.45) is 0.853. The molecule has 3 heterocycles. The van der Waals surface area contributed by atoms with Crippen molar-refractivity contribution in [2.24, 2.45) is 5.92 Å². The summed E-state index contributed by atoms with van der Waals surface area (Å²) in [4.78, 5) is 0. The monoisotopic (exact) mass is 200 g/mol. The number of hydrogen-bond acceptors (Lipinski definition) is 4. The summed E-state index contributed by atoms with van der Waals surface area (Å²) < 4.78 is 22.1. The Morgan fingerprint density at radius 1 is 1.07 bits per heavy atom. The summed E-state index contributed by atoms with van der Waals surface area (Å²) in [6, 6.07) is 0. The maximum Gasteiger partial charge on any atom is 0.112 e. The fraction of sp³-hybridized carbons (Fsp3) is 1.00. The van der Waals surface area contributed by atoms with E-state index in [9.17, 15) is 0 Å². The van der Waals surface area contributed by atoms with Crippen LogP contribution in [0, 0.1) is 5.92 Å². The molecule has 3 aliphatic rings. The molecule has 5 atom stereocenters. The second-order valence-corrected chi connectivity index (χ2v) is 4.40. The van der Waals surface area contributed by atoms with Gasteiger partial charge < -0.3 is 18.9 Å². The van der Waals surface area contributed by atoms with Crippen molar-refractivity contribution >= 4 is 0 Å². The van der Waals surface area contributed by atoms with Gasteiger partial charge in [0.2, 0.25) is 0 Å². The molecule has 80 valence electrons. The molecule has 0 radical (unpaired) electrons. The number of rotatable bonds is 3. The van der Waals surface area contributed by atoms with Gasteiger partial charge in [-0.15, -0.1) is 0 Å². The van der Waals surface area contributed by atoms with Gasteiger partial charge in [-0.2, -0.15) is 0 Å². The van der Waals surface area contributed by atoms with Gasteiger partial charge in [-0.1, -0.05) is 6.92 Å². The first-order valence-corrected chi connectivity index (χ1v) is 5.31. The van der Waals surface area contributed by atoms with E-state index in [-0.39, 0.29) is 18.3 Å². The first kappa shape index (κ1) is 9.09. The summed E-state index contributed by atoms with van der Waals surface area (Å²) in [7, 11) is 0. The van der Waals surface area contributed by atoms with Gasteiger partial charge in [0.15, 0.2) is 0 Å². The summed E-state index contributed by atoms with van der Waals surface area (Å²) in [5.74, 6) is 0.505. The van der Waals surface area contributed by atoms with Crippen molar-refractivity contribution in [1.29, 1.82) is 0 Å². The molecule has 3 aliphatic heterocycles. The van der Waals surface area contributed by atoms with E-state index in [2.05, 4.69) is 6.92 Å². The van der Waals surface area contributed by atoms with Crippen molar-refractivity contribution in [3.63, 3.8) is 0 Å². The Hall–Kier alpha value is -0.160. The molecule has 0 bridgehead atoms. The SMILES string of the molecule is CC1COC2C(OCC3CO3)COC12. The van der Waals surface area contributed by atoms with Gasteiger partial charge in [-0.3, -0.25) is 0 Å². The Balaban J connectivity index is 1.54. The lowest BCUT2D eigenvalue weighted by atomic mass is 10.0. The standard InChI is InChI=1S/C10H16O4/c1-6-2-13-10-8(5-14-9(6)10)12-4-7-3-11-7/h6-10H,2-5H2,1H3. The third-order valence-corrected chi connectivity index (χ3v) is 3.15. The summed E-state index contributed by atoms with van der Waals surface area (Å²) in [6.45, 7) is 5.17. The number of epoxide rings is 1. The molecule has 0 amide bonds.